The summed E-state index contributed by atoms with van der Waals surface area (Å²) in [7, 11) is 0. The highest BCUT2D eigenvalue weighted by Crippen LogP contribution is 2.22. The van der Waals surface area contributed by atoms with Crippen molar-refractivity contribution in [3.8, 4) is 0 Å². The molecule has 19 heavy (non-hydrogen) atoms. The van der Waals surface area contributed by atoms with E-state index in [1.54, 1.807) is 24.4 Å². The van der Waals surface area contributed by atoms with Crippen molar-refractivity contribution in [2.24, 2.45) is 5.10 Å². The summed E-state index contributed by atoms with van der Waals surface area (Å²) in [6.07, 6.45) is 5.19. The maximum atomic E-state index is 11.1. The van der Waals surface area contributed by atoms with E-state index in [1.807, 2.05) is 6.07 Å². The summed E-state index contributed by atoms with van der Waals surface area (Å²) in [4.78, 5) is 11.1. The molecule has 1 aromatic carbocycles. The third-order valence-electron chi connectivity index (χ3n) is 3.67. The molecule has 1 saturated heterocycles. The number of benzene rings is 1. The van der Waals surface area contributed by atoms with Gasteiger partial charge < -0.3 is 5.11 Å². The Bertz CT molecular complexity index is 475. The average Bonchev–Trinajstić information content (AvgIpc) is 2.38. The normalized spacial score (nSPS) is 23.8. The van der Waals surface area contributed by atoms with Gasteiger partial charge in [-0.05, 0) is 39.2 Å². The summed E-state index contributed by atoms with van der Waals surface area (Å²) < 4.78 is 0. The number of aromatic carboxylic acids is 1. The quantitative estimate of drug-likeness (QED) is 0.850. The van der Waals surface area contributed by atoms with Crippen LogP contribution in [-0.2, 0) is 0 Å². The molecule has 2 rings (SSSR count). The Morgan fingerprint density at radius 3 is 2.58 bits per heavy atom. The third-order valence-corrected chi connectivity index (χ3v) is 3.67. The summed E-state index contributed by atoms with van der Waals surface area (Å²) in [5, 5.41) is 15.7. The van der Waals surface area contributed by atoms with Crippen LogP contribution in [0.25, 0.3) is 0 Å². The highest BCUT2D eigenvalue weighted by atomic mass is 16.4. The van der Waals surface area contributed by atoms with E-state index in [0.29, 0.717) is 23.2 Å². The van der Waals surface area contributed by atoms with Gasteiger partial charge in [-0.3, -0.25) is 5.01 Å². The fourth-order valence-electron chi connectivity index (χ4n) is 2.57. The molecule has 0 aromatic heterocycles. The van der Waals surface area contributed by atoms with Crippen LogP contribution in [0.1, 0.15) is 49.0 Å². The van der Waals surface area contributed by atoms with E-state index in [1.165, 1.54) is 6.42 Å². The molecule has 1 aliphatic rings. The van der Waals surface area contributed by atoms with Crippen molar-refractivity contribution in [3.63, 3.8) is 0 Å². The average molecular weight is 260 g/mol. The first kappa shape index (κ1) is 13.6. The van der Waals surface area contributed by atoms with Crippen molar-refractivity contribution in [3.05, 3.63) is 35.4 Å². The molecule has 1 heterocycles. The summed E-state index contributed by atoms with van der Waals surface area (Å²) in [6, 6.07) is 7.77. The Balaban J connectivity index is 2.20. The summed E-state index contributed by atoms with van der Waals surface area (Å²) >= 11 is 0. The molecule has 0 bridgehead atoms. The monoisotopic (exact) mass is 260 g/mol. The lowest BCUT2D eigenvalue weighted by Gasteiger charge is -2.36. The minimum absolute atomic E-state index is 0.295. The molecule has 1 aromatic rings. The van der Waals surface area contributed by atoms with Crippen molar-refractivity contribution in [1.82, 2.24) is 5.01 Å². The summed E-state index contributed by atoms with van der Waals surface area (Å²) in [5.74, 6) is -0.915. The molecule has 1 N–H and O–H groups in total. The molecule has 2 atom stereocenters. The number of carbonyl (C=O) groups is 1. The van der Waals surface area contributed by atoms with Crippen molar-refractivity contribution in [1.29, 1.82) is 0 Å². The molecule has 0 saturated carbocycles. The van der Waals surface area contributed by atoms with E-state index in [4.69, 9.17) is 5.11 Å². The van der Waals surface area contributed by atoms with Crippen molar-refractivity contribution in [2.45, 2.75) is 45.2 Å². The number of carboxylic acid groups (broad SMARTS) is 1. The van der Waals surface area contributed by atoms with E-state index in [-0.39, 0.29) is 0 Å². The van der Waals surface area contributed by atoms with Crippen LogP contribution in [0.5, 0.6) is 0 Å². The molecule has 0 spiro atoms. The molecule has 0 amide bonds. The van der Waals surface area contributed by atoms with Gasteiger partial charge in [0.1, 0.15) is 0 Å². The van der Waals surface area contributed by atoms with Crippen LogP contribution in [0, 0.1) is 0 Å². The lowest BCUT2D eigenvalue weighted by Crippen LogP contribution is -2.39. The van der Waals surface area contributed by atoms with Gasteiger partial charge in [0.2, 0.25) is 0 Å². The maximum absolute atomic E-state index is 11.1. The number of nitrogens with zero attached hydrogens (tertiary/aromatic N) is 2. The summed E-state index contributed by atoms with van der Waals surface area (Å²) in [5.41, 5.74) is 0.948. The SMILES string of the molecule is C[C@@H]1CCC[C@@H](C)N1/N=C\c1ccccc1C(=O)O. The Morgan fingerprint density at radius 2 is 1.95 bits per heavy atom. The van der Waals surface area contributed by atoms with Crippen LogP contribution in [0.3, 0.4) is 0 Å². The van der Waals surface area contributed by atoms with Crippen LogP contribution in [0.15, 0.2) is 29.4 Å². The zero-order valence-corrected chi connectivity index (χ0v) is 11.4. The highest BCUT2D eigenvalue weighted by molar-refractivity contribution is 5.98. The topological polar surface area (TPSA) is 52.9 Å². The molecular weight excluding hydrogens is 240 g/mol. The predicted molar refractivity (Wildman–Crippen MR) is 75.6 cm³/mol. The minimum atomic E-state index is -0.915. The van der Waals surface area contributed by atoms with Gasteiger partial charge in [-0.1, -0.05) is 18.2 Å². The molecule has 1 aliphatic heterocycles. The molecule has 0 aliphatic carbocycles. The van der Waals surface area contributed by atoms with Gasteiger partial charge in [-0.25, -0.2) is 4.79 Å². The van der Waals surface area contributed by atoms with Gasteiger partial charge in [0.15, 0.2) is 0 Å². The molecular formula is C15H20N2O2. The van der Waals surface area contributed by atoms with E-state index < -0.39 is 5.97 Å². The van der Waals surface area contributed by atoms with E-state index in [2.05, 4.69) is 24.0 Å². The van der Waals surface area contributed by atoms with Crippen LogP contribution in [-0.4, -0.2) is 34.4 Å². The number of hydrogen-bond donors (Lipinski definition) is 1. The zero-order valence-electron chi connectivity index (χ0n) is 11.4. The molecule has 4 nitrogen and oxygen atoms in total. The highest BCUT2D eigenvalue weighted by Gasteiger charge is 2.22. The maximum Gasteiger partial charge on any atom is 0.336 e. The van der Waals surface area contributed by atoms with Crippen LogP contribution < -0.4 is 0 Å². The van der Waals surface area contributed by atoms with Crippen molar-refractivity contribution >= 4 is 12.2 Å². The molecule has 0 unspecified atom stereocenters. The van der Waals surface area contributed by atoms with Crippen LogP contribution in [0.4, 0.5) is 0 Å². The largest absolute Gasteiger partial charge is 0.478 e. The Labute approximate surface area is 113 Å². The molecule has 0 radical (unpaired) electrons. The number of hydrazone groups is 1. The number of carboxylic acids is 1. The molecule has 102 valence electrons. The third kappa shape index (κ3) is 3.13. The second kappa shape index (κ2) is 5.87. The predicted octanol–water partition coefficient (Wildman–Crippen LogP) is 2.98. The standard InChI is InChI=1S/C15H20N2O2/c1-11-6-5-7-12(2)17(11)16-10-13-8-3-4-9-14(13)15(18)19/h3-4,8-12H,5-7H2,1-2H3,(H,18,19)/b16-10-/t11-,12-/m1/s1. The van der Waals surface area contributed by atoms with Gasteiger partial charge in [-0.2, -0.15) is 5.10 Å². The Hall–Kier alpha value is -1.84. The molecule has 4 heteroatoms. The van der Waals surface area contributed by atoms with E-state index >= 15 is 0 Å². The zero-order chi connectivity index (χ0) is 13.8. The lowest BCUT2D eigenvalue weighted by atomic mass is 10.00. The summed E-state index contributed by atoms with van der Waals surface area (Å²) in [6.45, 7) is 4.33. The van der Waals surface area contributed by atoms with Gasteiger partial charge in [0.25, 0.3) is 0 Å². The van der Waals surface area contributed by atoms with E-state index in [9.17, 15) is 4.79 Å². The first-order valence-corrected chi connectivity index (χ1v) is 6.74. The Morgan fingerprint density at radius 1 is 1.32 bits per heavy atom. The first-order chi connectivity index (χ1) is 9.09. The number of hydrogen-bond acceptors (Lipinski definition) is 3. The second-order valence-electron chi connectivity index (χ2n) is 5.15. The second-order valence-corrected chi connectivity index (χ2v) is 5.15. The first-order valence-electron chi connectivity index (χ1n) is 6.74. The van der Waals surface area contributed by atoms with Gasteiger partial charge in [0, 0.05) is 17.6 Å². The van der Waals surface area contributed by atoms with Crippen LogP contribution in [0.2, 0.25) is 0 Å². The lowest BCUT2D eigenvalue weighted by molar-refractivity contribution is 0.0696. The smallest absolute Gasteiger partial charge is 0.336 e. The van der Waals surface area contributed by atoms with Crippen molar-refractivity contribution in [2.75, 3.05) is 0 Å². The van der Waals surface area contributed by atoms with Gasteiger partial charge in [-0.15, -0.1) is 0 Å². The van der Waals surface area contributed by atoms with Crippen molar-refractivity contribution < 1.29 is 9.90 Å². The van der Waals surface area contributed by atoms with Gasteiger partial charge in [0.05, 0.1) is 11.8 Å². The minimum Gasteiger partial charge on any atom is -0.478 e. The van der Waals surface area contributed by atoms with E-state index in [0.717, 1.165) is 12.8 Å². The number of piperidine rings is 1. The molecule has 1 fully saturated rings. The number of rotatable bonds is 3. The van der Waals surface area contributed by atoms with Gasteiger partial charge >= 0.3 is 5.97 Å². The Kier molecular flexibility index (Phi) is 4.20. The fourth-order valence-corrected chi connectivity index (χ4v) is 2.57. The van der Waals surface area contributed by atoms with Crippen LogP contribution >= 0.6 is 0 Å². The fraction of sp³-hybridized carbons (Fsp3) is 0.467.